The molecule has 0 N–H and O–H groups in total. The summed E-state index contributed by atoms with van der Waals surface area (Å²) in [5.74, 6) is 0. The molecule has 0 saturated carbocycles. The molecule has 1 aliphatic rings. The van der Waals surface area contributed by atoms with Gasteiger partial charge in [0.1, 0.15) is 0 Å². The molecule has 0 atom stereocenters. The minimum absolute atomic E-state index is 1.12. The first-order chi connectivity index (χ1) is 2.89. The summed E-state index contributed by atoms with van der Waals surface area (Å²) in [6.07, 6.45) is 7.41. The Kier molecular flexibility index (Phi) is 1.73. The molecule has 0 saturated heterocycles. The molecular formula is C5H5Tm. The van der Waals surface area contributed by atoms with Gasteiger partial charge in [0.05, 0.1) is 0 Å². The van der Waals surface area contributed by atoms with Gasteiger partial charge < -0.3 is 0 Å². The van der Waals surface area contributed by atoms with Crippen LogP contribution in [0.3, 0.4) is 0 Å². The van der Waals surface area contributed by atoms with Crippen LogP contribution in [-0.4, -0.2) is 0 Å². The summed E-state index contributed by atoms with van der Waals surface area (Å²) in [6, 6.07) is 0. The van der Waals surface area contributed by atoms with Crippen LogP contribution >= 0.6 is 0 Å². The Bertz CT molecular complexity index is 101. The fourth-order valence-corrected chi connectivity index (χ4v) is 0.781. The monoisotopic (exact) mass is 234 g/mol. The molecule has 0 fully saturated rings. The summed E-state index contributed by atoms with van der Waals surface area (Å²) in [7, 11) is 0. The van der Waals surface area contributed by atoms with Crippen LogP contribution in [0.25, 0.3) is 0 Å². The Morgan fingerprint density at radius 3 is 2.67 bits per heavy atom. The van der Waals surface area contributed by atoms with E-state index in [2.05, 4.69) is 53.2 Å². The molecule has 0 unspecified atom stereocenters. The van der Waals surface area contributed by atoms with Crippen molar-refractivity contribution in [3.05, 3.63) is 20.0 Å². The van der Waals surface area contributed by atoms with Gasteiger partial charge in [-0.15, -0.1) is 0 Å². The summed E-state index contributed by atoms with van der Waals surface area (Å²) >= 11 is 2.85. The van der Waals surface area contributed by atoms with E-state index < -0.39 is 0 Å². The maximum atomic E-state index is 2.85. The van der Waals surface area contributed by atoms with Crippen molar-refractivity contribution < 1.29 is 35.0 Å². The summed E-state index contributed by atoms with van der Waals surface area (Å²) in [5, 5.41) is 0. The van der Waals surface area contributed by atoms with Gasteiger partial charge in [0, 0.05) is 0 Å². The van der Waals surface area contributed by atoms with Gasteiger partial charge in [-0.3, -0.25) is 0 Å². The molecular weight excluding hydrogens is 229 g/mol. The van der Waals surface area contributed by atoms with E-state index in [1.54, 1.807) is 0 Å². The van der Waals surface area contributed by atoms with E-state index >= 15 is 0 Å². The van der Waals surface area contributed by atoms with Crippen LogP contribution in [0.5, 0.6) is 0 Å². The Hall–Kier alpha value is 0.714. The normalized spacial score (nSPS) is 18.7. The van der Waals surface area contributed by atoms with Crippen LogP contribution < -0.4 is 0 Å². The summed E-state index contributed by atoms with van der Waals surface area (Å²) in [6.45, 7) is 0. The SMILES string of the molecule is [Tm][C]1=CC=CC1. The van der Waals surface area contributed by atoms with E-state index in [0.717, 1.165) is 6.42 Å². The third-order valence-corrected chi connectivity index (χ3v) is 1.35. The second-order valence-electron chi connectivity index (χ2n) is 1.18. The molecule has 0 aromatic carbocycles. The molecule has 0 aromatic rings. The van der Waals surface area contributed by atoms with Gasteiger partial charge in [-0.2, -0.15) is 0 Å². The number of hydrogen-bond acceptors (Lipinski definition) is 0. The average molecular weight is 234 g/mol. The van der Waals surface area contributed by atoms with Gasteiger partial charge in [-0.25, -0.2) is 0 Å². The zero-order valence-corrected chi connectivity index (χ0v) is 5.00. The van der Waals surface area contributed by atoms with Crippen molar-refractivity contribution in [3.8, 4) is 0 Å². The van der Waals surface area contributed by atoms with E-state index in [0.29, 0.717) is 0 Å². The fraction of sp³-hybridized carbons (Fsp3) is 0.200. The van der Waals surface area contributed by atoms with E-state index in [1.807, 2.05) is 0 Å². The third kappa shape index (κ3) is 1.09. The Balaban J connectivity index is 2.61. The zero-order valence-electron chi connectivity index (χ0n) is 3.22. The van der Waals surface area contributed by atoms with Crippen molar-refractivity contribution in [2.45, 2.75) is 6.42 Å². The number of allylic oxidation sites excluding steroid dienone is 4. The van der Waals surface area contributed by atoms with E-state index in [-0.39, 0.29) is 0 Å². The Labute approximate surface area is 60.9 Å². The van der Waals surface area contributed by atoms with Crippen molar-refractivity contribution in [2.75, 3.05) is 0 Å². The second-order valence-corrected chi connectivity index (χ2v) is 2.32. The number of hydrogen-bond donors (Lipinski definition) is 0. The second kappa shape index (κ2) is 2.13. The summed E-state index contributed by atoms with van der Waals surface area (Å²) in [5.41, 5.74) is 0. The Morgan fingerprint density at radius 2 is 2.50 bits per heavy atom. The van der Waals surface area contributed by atoms with Gasteiger partial charge in [0.2, 0.25) is 0 Å². The fourth-order valence-electron chi connectivity index (χ4n) is 0.400. The van der Waals surface area contributed by atoms with Crippen LogP contribution in [0.2, 0.25) is 0 Å². The first-order valence-electron chi connectivity index (χ1n) is 1.86. The first kappa shape index (κ1) is 4.86. The van der Waals surface area contributed by atoms with Crippen molar-refractivity contribution >= 4 is 0 Å². The van der Waals surface area contributed by atoms with Crippen LogP contribution in [0.15, 0.2) is 20.0 Å². The minimum atomic E-state index is 1.12. The summed E-state index contributed by atoms with van der Waals surface area (Å²) in [4.78, 5) is 0. The van der Waals surface area contributed by atoms with Gasteiger partial charge in [-0.1, -0.05) is 0 Å². The molecule has 0 aromatic heterocycles. The molecule has 0 amide bonds. The van der Waals surface area contributed by atoms with Crippen molar-refractivity contribution in [2.24, 2.45) is 0 Å². The molecule has 0 bridgehead atoms. The van der Waals surface area contributed by atoms with Crippen LogP contribution in [-0.2, 0) is 0 Å². The standard InChI is InChI=1S/C5H5.Tm/c1-2-4-5-3-1;/h1-3H,4H2;. The maximum absolute atomic E-state index is 2.85. The van der Waals surface area contributed by atoms with Gasteiger partial charge in [-0.05, 0) is 0 Å². The predicted molar refractivity (Wildman–Crippen MR) is 21.8 cm³/mol. The van der Waals surface area contributed by atoms with Gasteiger partial charge in [0.15, 0.2) is 0 Å². The molecule has 1 heteroatoms. The summed E-state index contributed by atoms with van der Waals surface area (Å²) < 4.78 is 1.36. The van der Waals surface area contributed by atoms with Crippen LogP contribution in [0.4, 0.5) is 0 Å². The molecule has 38 valence electrons. The van der Waals surface area contributed by atoms with E-state index in [9.17, 15) is 0 Å². The molecule has 1 aliphatic carbocycles. The predicted octanol–water partition coefficient (Wildman–Crippen LogP) is 1.38. The third-order valence-electron chi connectivity index (χ3n) is 0.689. The quantitative estimate of drug-likeness (QED) is 0.594. The molecule has 0 spiro atoms. The molecule has 6 heavy (non-hydrogen) atoms. The van der Waals surface area contributed by atoms with Crippen LogP contribution in [0.1, 0.15) is 6.42 Å². The Morgan fingerprint density at radius 1 is 1.67 bits per heavy atom. The molecule has 0 aliphatic heterocycles. The van der Waals surface area contributed by atoms with Crippen molar-refractivity contribution in [1.29, 1.82) is 0 Å². The average Bonchev–Trinajstić information content (AvgIpc) is 1.86. The van der Waals surface area contributed by atoms with E-state index in [4.69, 9.17) is 0 Å². The molecule has 1 rings (SSSR count). The molecule has 0 heterocycles. The van der Waals surface area contributed by atoms with E-state index in [1.165, 1.54) is 1.79 Å². The van der Waals surface area contributed by atoms with Crippen molar-refractivity contribution in [3.63, 3.8) is 0 Å². The first-order valence-corrected chi connectivity index (χ1v) is 2.75. The van der Waals surface area contributed by atoms with Gasteiger partial charge >= 0.3 is 61.4 Å². The van der Waals surface area contributed by atoms with Crippen LogP contribution in [0, 0.1) is 35.0 Å². The van der Waals surface area contributed by atoms with Gasteiger partial charge in [0.25, 0.3) is 0 Å². The zero-order chi connectivity index (χ0) is 4.41. The van der Waals surface area contributed by atoms with Crippen molar-refractivity contribution in [1.82, 2.24) is 0 Å². The molecule has 0 nitrogen and oxygen atoms in total. The number of rotatable bonds is 0. The molecule has 0 radical (unpaired) electrons. The topological polar surface area (TPSA) is 0 Å².